The highest BCUT2D eigenvalue weighted by Crippen LogP contribution is 2.46. The molecule has 1 saturated carbocycles. The van der Waals surface area contributed by atoms with E-state index in [9.17, 15) is 0 Å². The van der Waals surface area contributed by atoms with Crippen molar-refractivity contribution in [2.24, 2.45) is 4.99 Å². The zero-order chi connectivity index (χ0) is 8.44. The van der Waals surface area contributed by atoms with Gasteiger partial charge < -0.3 is 10.6 Å². The normalized spacial score (nSPS) is 24.6. The van der Waals surface area contributed by atoms with E-state index in [1.807, 2.05) is 11.8 Å². The van der Waals surface area contributed by atoms with Gasteiger partial charge in [0.05, 0.1) is 6.54 Å². The Morgan fingerprint density at radius 3 is 3.00 bits per heavy atom. The van der Waals surface area contributed by atoms with E-state index in [-0.39, 0.29) is 0 Å². The molecule has 1 aliphatic carbocycles. The summed E-state index contributed by atoms with van der Waals surface area (Å²) in [6.07, 6.45) is 4.90. The first kappa shape index (κ1) is 8.23. The van der Waals surface area contributed by atoms with Crippen LogP contribution in [0.4, 0.5) is 0 Å². The summed E-state index contributed by atoms with van der Waals surface area (Å²) in [5.74, 6) is 0.996. The molecule has 3 nitrogen and oxygen atoms in total. The summed E-state index contributed by atoms with van der Waals surface area (Å²) < 4.78 is 0.535. The van der Waals surface area contributed by atoms with Gasteiger partial charge in [-0.1, -0.05) is 0 Å². The maximum Gasteiger partial charge on any atom is 0.191 e. The van der Waals surface area contributed by atoms with Crippen molar-refractivity contribution in [2.75, 3.05) is 25.9 Å². The minimum absolute atomic E-state index is 0.535. The average molecular weight is 185 g/mol. The van der Waals surface area contributed by atoms with Gasteiger partial charge in [-0.2, -0.15) is 11.8 Å². The lowest BCUT2D eigenvalue weighted by Crippen LogP contribution is -2.38. The monoisotopic (exact) mass is 185 g/mol. The topological polar surface area (TPSA) is 36.4 Å². The molecule has 0 radical (unpaired) electrons. The molecule has 0 amide bonds. The van der Waals surface area contributed by atoms with Crippen LogP contribution in [0.5, 0.6) is 0 Å². The number of nitrogens with one attached hydrogen (secondary N) is 2. The van der Waals surface area contributed by atoms with Crippen molar-refractivity contribution in [2.45, 2.75) is 17.6 Å². The molecular weight excluding hydrogens is 170 g/mol. The van der Waals surface area contributed by atoms with E-state index < -0.39 is 0 Å². The Labute approximate surface area is 77.4 Å². The van der Waals surface area contributed by atoms with Gasteiger partial charge in [-0.3, -0.25) is 4.99 Å². The third-order valence-corrected chi connectivity index (χ3v) is 3.91. The second-order valence-corrected chi connectivity index (χ2v) is 4.67. The van der Waals surface area contributed by atoms with Crippen LogP contribution in [-0.2, 0) is 0 Å². The maximum atomic E-state index is 4.29. The highest BCUT2D eigenvalue weighted by molar-refractivity contribution is 8.00. The molecule has 4 heteroatoms. The van der Waals surface area contributed by atoms with Crippen molar-refractivity contribution in [1.82, 2.24) is 10.6 Å². The van der Waals surface area contributed by atoms with Crippen LogP contribution >= 0.6 is 11.8 Å². The van der Waals surface area contributed by atoms with Gasteiger partial charge in [0.15, 0.2) is 5.96 Å². The molecule has 2 rings (SSSR count). The molecule has 0 aromatic carbocycles. The van der Waals surface area contributed by atoms with Crippen LogP contribution in [0.1, 0.15) is 12.8 Å². The smallest absolute Gasteiger partial charge is 0.191 e. The first-order valence-corrected chi connectivity index (χ1v) is 5.64. The first-order valence-electron chi connectivity index (χ1n) is 4.42. The minimum Gasteiger partial charge on any atom is -0.355 e. The van der Waals surface area contributed by atoms with E-state index in [0.717, 1.165) is 25.6 Å². The Bertz CT molecular complexity index is 198. The van der Waals surface area contributed by atoms with E-state index >= 15 is 0 Å². The molecule has 0 aromatic heterocycles. The number of guanidine groups is 1. The van der Waals surface area contributed by atoms with Crippen LogP contribution < -0.4 is 10.6 Å². The molecule has 0 atom stereocenters. The number of hydrogen-bond donors (Lipinski definition) is 2. The van der Waals surface area contributed by atoms with Crippen molar-refractivity contribution in [3.8, 4) is 0 Å². The standard InChI is InChI=1S/C8H15N3S/c1-12-8(2-3-8)6-11-7-9-4-5-10-7/h2-6H2,1H3,(H2,9,10,11). The predicted molar refractivity (Wildman–Crippen MR) is 53.8 cm³/mol. The molecule has 0 saturated heterocycles. The SMILES string of the molecule is CSC1(CNC2=NCCN2)CC1. The second-order valence-electron chi connectivity index (χ2n) is 3.40. The molecule has 2 N–H and O–H groups in total. The molecule has 2 aliphatic rings. The van der Waals surface area contributed by atoms with Crippen molar-refractivity contribution < 1.29 is 0 Å². The summed E-state index contributed by atoms with van der Waals surface area (Å²) in [6, 6.07) is 0. The van der Waals surface area contributed by atoms with E-state index in [0.29, 0.717) is 4.75 Å². The summed E-state index contributed by atoms with van der Waals surface area (Å²) in [5.41, 5.74) is 0. The molecule has 0 spiro atoms. The van der Waals surface area contributed by atoms with Crippen molar-refractivity contribution in [3.63, 3.8) is 0 Å². The largest absolute Gasteiger partial charge is 0.355 e. The molecule has 0 unspecified atom stereocenters. The van der Waals surface area contributed by atoms with Crippen LogP contribution in [0.25, 0.3) is 0 Å². The van der Waals surface area contributed by atoms with Gasteiger partial charge in [0.1, 0.15) is 0 Å². The van der Waals surface area contributed by atoms with Gasteiger partial charge >= 0.3 is 0 Å². The van der Waals surface area contributed by atoms with Gasteiger partial charge in [-0.15, -0.1) is 0 Å². The zero-order valence-electron chi connectivity index (χ0n) is 7.39. The Kier molecular flexibility index (Phi) is 2.17. The Morgan fingerprint density at radius 1 is 1.67 bits per heavy atom. The second kappa shape index (κ2) is 3.17. The number of nitrogens with zero attached hydrogens (tertiary/aromatic N) is 1. The highest BCUT2D eigenvalue weighted by Gasteiger charge is 2.41. The van der Waals surface area contributed by atoms with Crippen molar-refractivity contribution >= 4 is 17.7 Å². The molecule has 12 heavy (non-hydrogen) atoms. The highest BCUT2D eigenvalue weighted by atomic mass is 32.2. The van der Waals surface area contributed by atoms with Crippen molar-refractivity contribution in [3.05, 3.63) is 0 Å². The summed E-state index contributed by atoms with van der Waals surface area (Å²) in [7, 11) is 0. The van der Waals surface area contributed by atoms with Crippen LogP contribution in [0.2, 0.25) is 0 Å². The fourth-order valence-electron chi connectivity index (χ4n) is 1.35. The third kappa shape index (κ3) is 1.68. The summed E-state index contributed by atoms with van der Waals surface area (Å²) in [4.78, 5) is 4.29. The first-order chi connectivity index (χ1) is 5.85. The lowest BCUT2D eigenvalue weighted by molar-refractivity contribution is 0.797. The quantitative estimate of drug-likeness (QED) is 0.669. The minimum atomic E-state index is 0.535. The maximum absolute atomic E-state index is 4.29. The van der Waals surface area contributed by atoms with E-state index in [1.165, 1.54) is 12.8 Å². The fourth-order valence-corrected chi connectivity index (χ4v) is 2.08. The van der Waals surface area contributed by atoms with Crippen LogP contribution in [0.15, 0.2) is 4.99 Å². The van der Waals surface area contributed by atoms with Gasteiger partial charge in [0.2, 0.25) is 0 Å². The van der Waals surface area contributed by atoms with Crippen LogP contribution in [-0.4, -0.2) is 36.6 Å². The number of aliphatic imine (C=N–C) groups is 1. The fraction of sp³-hybridized carbons (Fsp3) is 0.875. The van der Waals surface area contributed by atoms with Gasteiger partial charge in [0, 0.05) is 17.8 Å². The molecule has 68 valence electrons. The van der Waals surface area contributed by atoms with Gasteiger partial charge in [-0.05, 0) is 19.1 Å². The summed E-state index contributed by atoms with van der Waals surface area (Å²) >= 11 is 1.98. The summed E-state index contributed by atoms with van der Waals surface area (Å²) in [5, 5.41) is 6.56. The zero-order valence-corrected chi connectivity index (χ0v) is 8.21. The molecular formula is C8H15N3S. The average Bonchev–Trinajstić information content (AvgIpc) is 2.70. The van der Waals surface area contributed by atoms with E-state index in [1.54, 1.807) is 0 Å². The van der Waals surface area contributed by atoms with E-state index in [4.69, 9.17) is 0 Å². The third-order valence-electron chi connectivity index (χ3n) is 2.49. The Morgan fingerprint density at radius 2 is 2.50 bits per heavy atom. The van der Waals surface area contributed by atoms with Crippen LogP contribution in [0.3, 0.4) is 0 Å². The lowest BCUT2D eigenvalue weighted by Gasteiger charge is -2.13. The Balaban J connectivity index is 1.74. The summed E-state index contributed by atoms with van der Waals surface area (Å²) in [6.45, 7) is 2.99. The van der Waals surface area contributed by atoms with Gasteiger partial charge in [0.25, 0.3) is 0 Å². The molecule has 1 fully saturated rings. The number of thioether (sulfide) groups is 1. The Hall–Kier alpha value is -0.380. The van der Waals surface area contributed by atoms with E-state index in [2.05, 4.69) is 21.9 Å². The molecule has 0 aromatic rings. The number of hydrogen-bond acceptors (Lipinski definition) is 4. The van der Waals surface area contributed by atoms with Gasteiger partial charge in [-0.25, -0.2) is 0 Å². The number of rotatable bonds is 3. The van der Waals surface area contributed by atoms with Crippen LogP contribution in [0, 0.1) is 0 Å². The molecule has 1 aliphatic heterocycles. The molecule has 0 bridgehead atoms. The van der Waals surface area contributed by atoms with Crippen molar-refractivity contribution in [1.29, 1.82) is 0 Å². The lowest BCUT2D eigenvalue weighted by atomic mass is 10.4. The molecule has 1 heterocycles. The predicted octanol–water partition coefficient (Wildman–Crippen LogP) is 0.431.